The van der Waals surface area contributed by atoms with Crippen LogP contribution in [0.5, 0.6) is 0 Å². The topological polar surface area (TPSA) is 111 Å². The first-order valence-corrected chi connectivity index (χ1v) is 14.5. The Labute approximate surface area is 237 Å². The van der Waals surface area contributed by atoms with Crippen LogP contribution in [0.4, 0.5) is 4.39 Å². The molecule has 4 heterocycles. The van der Waals surface area contributed by atoms with Gasteiger partial charge in [-0.1, -0.05) is 57.9 Å². The van der Waals surface area contributed by atoms with Crippen LogP contribution in [-0.2, 0) is 18.4 Å². The number of benzene rings is 1. The van der Waals surface area contributed by atoms with Crippen molar-refractivity contribution in [1.82, 2.24) is 28.9 Å². The third kappa shape index (κ3) is 4.85. The summed E-state index contributed by atoms with van der Waals surface area (Å²) in [6, 6.07) is 7.79. The lowest BCUT2D eigenvalue weighted by Crippen LogP contribution is -2.24. The normalized spacial score (nSPS) is 14.5. The average Bonchev–Trinajstić information content (AvgIpc) is 3.75. The molecule has 9 nitrogen and oxygen atoms in total. The molecule has 1 atom stereocenters. The second kappa shape index (κ2) is 11.3. The fourth-order valence-electron chi connectivity index (χ4n) is 6.06. The van der Waals surface area contributed by atoms with Crippen LogP contribution in [0.1, 0.15) is 77.3 Å². The number of aliphatic carboxylic acids is 1. The molecule has 0 aliphatic heterocycles. The highest BCUT2D eigenvalue weighted by molar-refractivity contribution is 6.14. The molecule has 0 radical (unpaired) electrons. The van der Waals surface area contributed by atoms with Gasteiger partial charge in [-0.2, -0.15) is 4.39 Å². The number of pyridine rings is 1. The molecule has 6 rings (SSSR count). The molecule has 1 aromatic carbocycles. The summed E-state index contributed by atoms with van der Waals surface area (Å²) in [4.78, 5) is 32.8. The maximum absolute atomic E-state index is 15.2. The number of nitrogens with one attached hydrogen (secondary N) is 1. The lowest BCUT2D eigenvalue weighted by Gasteiger charge is -2.13. The summed E-state index contributed by atoms with van der Waals surface area (Å²) in [7, 11) is 1.76. The van der Waals surface area contributed by atoms with Crippen LogP contribution < -0.4 is 5.69 Å². The largest absolute Gasteiger partial charge is 0.481 e. The lowest BCUT2D eigenvalue weighted by atomic mass is 9.93. The Morgan fingerprint density at radius 3 is 2.49 bits per heavy atom. The number of halogens is 1. The van der Waals surface area contributed by atoms with Gasteiger partial charge in [0.2, 0.25) is 5.95 Å². The molecule has 4 aromatic heterocycles. The van der Waals surface area contributed by atoms with Gasteiger partial charge in [0.05, 0.1) is 40.3 Å². The van der Waals surface area contributed by atoms with E-state index in [0.717, 1.165) is 58.8 Å². The number of aryl methyl sites for hydroxylation is 2. The number of carboxylic acids is 1. The third-order valence-electron chi connectivity index (χ3n) is 8.12. The Morgan fingerprint density at radius 2 is 1.88 bits per heavy atom. The van der Waals surface area contributed by atoms with Gasteiger partial charge in [0, 0.05) is 31.4 Å². The molecule has 0 saturated heterocycles. The Bertz CT molecular complexity index is 1770. The smallest absolute Gasteiger partial charge is 0.329 e. The van der Waals surface area contributed by atoms with Gasteiger partial charge in [-0.15, -0.1) is 5.10 Å². The van der Waals surface area contributed by atoms with Crippen molar-refractivity contribution >= 4 is 28.0 Å². The summed E-state index contributed by atoms with van der Waals surface area (Å²) in [5, 5.41) is 14.0. The van der Waals surface area contributed by atoms with Crippen LogP contribution in [-0.4, -0.2) is 40.0 Å². The maximum atomic E-state index is 15.2. The van der Waals surface area contributed by atoms with Crippen LogP contribution in [0.25, 0.3) is 44.5 Å². The summed E-state index contributed by atoms with van der Waals surface area (Å²) < 4.78 is 20.3. The molecule has 41 heavy (non-hydrogen) atoms. The molecule has 1 saturated carbocycles. The van der Waals surface area contributed by atoms with Crippen LogP contribution in [0.2, 0.25) is 0 Å². The molecule has 0 spiro atoms. The minimum Gasteiger partial charge on any atom is -0.481 e. The van der Waals surface area contributed by atoms with Crippen molar-refractivity contribution in [3.05, 3.63) is 58.7 Å². The van der Waals surface area contributed by atoms with Crippen molar-refractivity contribution in [3.8, 4) is 22.4 Å². The molecule has 10 heteroatoms. The number of nitrogens with zero attached hydrogens (tertiary/aromatic N) is 5. The van der Waals surface area contributed by atoms with Crippen molar-refractivity contribution in [2.75, 3.05) is 0 Å². The summed E-state index contributed by atoms with van der Waals surface area (Å²) in [5.41, 5.74) is 5.33. The molecule has 5 aromatic rings. The van der Waals surface area contributed by atoms with E-state index in [1.807, 2.05) is 56.5 Å². The monoisotopic (exact) mass is 560 g/mol. The van der Waals surface area contributed by atoms with Gasteiger partial charge < -0.3 is 10.1 Å². The van der Waals surface area contributed by atoms with Gasteiger partial charge >= 0.3 is 11.7 Å². The minimum absolute atomic E-state index is 0.0291. The van der Waals surface area contributed by atoms with Crippen LogP contribution >= 0.6 is 0 Å². The number of carbonyl (C=O) groups is 1. The number of H-pyrrole nitrogens is 1. The number of aromatic nitrogens is 6. The molecule has 1 aliphatic rings. The second-order valence-corrected chi connectivity index (χ2v) is 10.6. The number of hydrogen-bond donors (Lipinski definition) is 2. The predicted octanol–water partition coefficient (Wildman–Crippen LogP) is 6.63. The zero-order chi connectivity index (χ0) is 29.4. The molecule has 2 N–H and O–H groups in total. The number of imidazole rings is 1. The van der Waals surface area contributed by atoms with Crippen LogP contribution in [0.3, 0.4) is 0 Å². The first kappa shape index (κ1) is 28.3. The van der Waals surface area contributed by atoms with Gasteiger partial charge in [0.15, 0.2) is 0 Å². The summed E-state index contributed by atoms with van der Waals surface area (Å²) in [5.74, 6) is -1.60. The first-order valence-electron chi connectivity index (χ1n) is 14.5. The van der Waals surface area contributed by atoms with E-state index in [1.54, 1.807) is 28.7 Å². The van der Waals surface area contributed by atoms with Gasteiger partial charge in [0.25, 0.3) is 0 Å². The van der Waals surface area contributed by atoms with E-state index in [0.29, 0.717) is 23.4 Å². The molecule has 216 valence electrons. The van der Waals surface area contributed by atoms with Crippen molar-refractivity contribution in [1.29, 1.82) is 0 Å². The van der Waals surface area contributed by atoms with Crippen molar-refractivity contribution in [3.63, 3.8) is 0 Å². The zero-order valence-corrected chi connectivity index (χ0v) is 24.2. The van der Waals surface area contributed by atoms with E-state index in [-0.39, 0.29) is 24.1 Å². The highest BCUT2D eigenvalue weighted by atomic mass is 19.1. The van der Waals surface area contributed by atoms with E-state index >= 15 is 4.39 Å². The van der Waals surface area contributed by atoms with E-state index < -0.39 is 11.9 Å². The molecule has 1 fully saturated rings. The number of carboxylic acid groups (broad SMARTS) is 1. The third-order valence-corrected chi connectivity index (χ3v) is 8.12. The zero-order valence-electron chi connectivity index (χ0n) is 24.2. The standard InChI is InChI=1S/C29H31FN6O3.C2H6/c1-4-35-15-20(27(30)33-35)25-23(18-11-9-17(10-12-18)16(2)13-22(37)38)24-26-21(14-31-28(24)32-25)34(3)29(39)36(26)19-7-5-6-8-19;1-2/h9-12,14-16,19H,4-8,13H2,1-3H3,(H,31,32)(H,37,38);1-2H3. The highest BCUT2D eigenvalue weighted by Crippen LogP contribution is 2.43. The molecule has 0 bridgehead atoms. The van der Waals surface area contributed by atoms with E-state index in [9.17, 15) is 14.7 Å². The van der Waals surface area contributed by atoms with Gasteiger partial charge in [0.1, 0.15) is 5.65 Å². The maximum Gasteiger partial charge on any atom is 0.329 e. The quantitative estimate of drug-likeness (QED) is 0.232. The Hall–Kier alpha value is -4.21. The molecule has 0 amide bonds. The number of rotatable bonds is 7. The molecule has 1 aliphatic carbocycles. The number of hydrogen-bond acceptors (Lipinski definition) is 4. The Kier molecular flexibility index (Phi) is 7.84. The minimum atomic E-state index is -0.851. The van der Waals surface area contributed by atoms with E-state index in [2.05, 4.69) is 15.1 Å². The van der Waals surface area contributed by atoms with Gasteiger partial charge in [-0.25, -0.2) is 9.78 Å². The number of aromatic amines is 1. The van der Waals surface area contributed by atoms with E-state index in [1.165, 1.54) is 0 Å². The van der Waals surface area contributed by atoms with Crippen LogP contribution in [0.15, 0.2) is 41.5 Å². The summed E-state index contributed by atoms with van der Waals surface area (Å²) in [6.45, 7) is 8.30. The molecular weight excluding hydrogens is 523 g/mol. The fourth-order valence-corrected chi connectivity index (χ4v) is 6.06. The summed E-state index contributed by atoms with van der Waals surface area (Å²) in [6.07, 6.45) is 7.43. The SMILES string of the molecule is CC.CCn1cc(-c2[nH]c3ncc4c(c3c2-c2ccc(C(C)CC(=O)O)cc2)n(C2CCCC2)c(=O)n4C)c(F)n1. The number of fused-ring (bicyclic) bond motifs is 3. The highest BCUT2D eigenvalue weighted by Gasteiger charge is 2.28. The first-order chi connectivity index (χ1) is 19.8. The summed E-state index contributed by atoms with van der Waals surface area (Å²) >= 11 is 0. The Balaban J connectivity index is 0.00000165. The van der Waals surface area contributed by atoms with Gasteiger partial charge in [-0.05, 0) is 36.8 Å². The van der Waals surface area contributed by atoms with Crippen molar-refractivity contribution < 1.29 is 14.3 Å². The molecule has 1 unspecified atom stereocenters. The second-order valence-electron chi connectivity index (χ2n) is 10.6. The lowest BCUT2D eigenvalue weighted by molar-refractivity contribution is -0.137. The van der Waals surface area contributed by atoms with Crippen molar-refractivity contribution in [2.24, 2.45) is 7.05 Å². The average molecular weight is 561 g/mol. The Morgan fingerprint density at radius 1 is 1.20 bits per heavy atom. The van der Waals surface area contributed by atoms with Crippen molar-refractivity contribution in [2.45, 2.75) is 78.3 Å². The van der Waals surface area contributed by atoms with Gasteiger partial charge in [-0.3, -0.25) is 18.6 Å². The fraction of sp³-hybridized carbons (Fsp3) is 0.419. The predicted molar refractivity (Wildman–Crippen MR) is 159 cm³/mol. The molecular formula is C31H37FN6O3. The van der Waals surface area contributed by atoms with E-state index in [4.69, 9.17) is 0 Å². The van der Waals surface area contributed by atoms with Crippen LogP contribution in [0, 0.1) is 5.95 Å².